The van der Waals surface area contributed by atoms with Gasteiger partial charge in [-0.3, -0.25) is 0 Å². The first-order valence-electron chi connectivity index (χ1n) is 11.8. The quantitative estimate of drug-likeness (QED) is 0.194. The number of halogens is 17. The SMILES string of the molecule is CC(C)[C@H](NC(=O)OCc1ccc(CCC(F)(F)C(F)(F)C(F)(F)C(F)(F)C(F)(F)C(F)(F)C(F)(F)C(F)(F)F)cc1)C(=O)O. The fourth-order valence-electron chi connectivity index (χ4n) is 3.29. The monoisotopic (exact) mass is 697 g/mol. The van der Waals surface area contributed by atoms with E-state index in [4.69, 9.17) is 9.84 Å². The Morgan fingerprint density at radius 2 is 1.04 bits per heavy atom. The molecule has 260 valence electrons. The Balaban J connectivity index is 3.13. The number of aryl methyl sites for hydroxylation is 1. The summed E-state index contributed by atoms with van der Waals surface area (Å²) in [4.78, 5) is 22.8. The van der Waals surface area contributed by atoms with Crippen LogP contribution in [0.15, 0.2) is 24.3 Å². The Bertz CT molecular complexity index is 1200. The summed E-state index contributed by atoms with van der Waals surface area (Å²) in [5.74, 6) is -58.7. The Morgan fingerprint density at radius 3 is 1.42 bits per heavy atom. The standard InChI is InChI=1S/C23H20F17NO4/c1-10(2)13(14(42)43)41-15(44)45-9-12-5-3-11(4-6-12)7-8-16(24,25)17(26,27)18(28,29)19(30,31)20(32,33)21(34,35)22(36,37)23(38,39)40/h3-6,10,13H,7-9H2,1-2H3,(H,41,44)(H,42,43)/t13-/m0/s1. The zero-order chi connectivity index (χ0) is 35.8. The van der Waals surface area contributed by atoms with Crippen LogP contribution in [0.2, 0.25) is 0 Å². The predicted octanol–water partition coefficient (Wildman–Crippen LogP) is 7.96. The lowest BCUT2D eigenvalue weighted by atomic mass is 9.87. The van der Waals surface area contributed by atoms with Crippen LogP contribution in [0.1, 0.15) is 31.4 Å². The molecule has 0 heterocycles. The third-order valence-corrected chi connectivity index (χ3v) is 6.11. The molecule has 0 fully saturated rings. The molecule has 0 saturated heterocycles. The molecule has 1 aromatic carbocycles. The Morgan fingerprint density at radius 1 is 0.667 bits per heavy atom. The summed E-state index contributed by atoms with van der Waals surface area (Å²) < 4.78 is 232. The molecule has 1 amide bonds. The summed E-state index contributed by atoms with van der Waals surface area (Å²) in [5.41, 5.74) is -0.464. The number of hydrogen-bond acceptors (Lipinski definition) is 3. The van der Waals surface area contributed by atoms with Gasteiger partial charge in [-0.25, -0.2) is 9.59 Å². The minimum atomic E-state index is -8.68. The number of rotatable bonds is 14. The van der Waals surface area contributed by atoms with E-state index in [1.807, 2.05) is 5.32 Å². The highest BCUT2D eigenvalue weighted by atomic mass is 19.4. The van der Waals surface area contributed by atoms with Crippen molar-refractivity contribution >= 4 is 12.1 Å². The van der Waals surface area contributed by atoms with Crippen LogP contribution in [-0.4, -0.2) is 70.8 Å². The van der Waals surface area contributed by atoms with Crippen molar-refractivity contribution in [3.8, 4) is 0 Å². The van der Waals surface area contributed by atoms with Crippen LogP contribution in [0.4, 0.5) is 79.4 Å². The van der Waals surface area contributed by atoms with Crippen molar-refractivity contribution in [3.63, 3.8) is 0 Å². The van der Waals surface area contributed by atoms with Crippen molar-refractivity contribution < 1.29 is 94.1 Å². The number of amides is 1. The minimum absolute atomic E-state index is 0.0207. The number of alkyl halides is 17. The van der Waals surface area contributed by atoms with E-state index in [1.165, 1.54) is 13.8 Å². The summed E-state index contributed by atoms with van der Waals surface area (Å²) in [6.45, 7) is 2.27. The van der Waals surface area contributed by atoms with Crippen LogP contribution in [0.25, 0.3) is 0 Å². The van der Waals surface area contributed by atoms with Crippen LogP contribution < -0.4 is 5.32 Å². The first-order valence-corrected chi connectivity index (χ1v) is 11.8. The lowest BCUT2D eigenvalue weighted by molar-refractivity contribution is -0.461. The molecule has 0 saturated carbocycles. The second-order valence-electron chi connectivity index (χ2n) is 9.75. The number of aliphatic carboxylic acids is 1. The summed E-state index contributed by atoms with van der Waals surface area (Å²) >= 11 is 0. The highest BCUT2D eigenvalue weighted by Crippen LogP contribution is 2.64. The first kappa shape index (κ1) is 39.8. The van der Waals surface area contributed by atoms with E-state index >= 15 is 0 Å². The molecule has 0 radical (unpaired) electrons. The molecule has 0 aliphatic carbocycles. The molecule has 5 nitrogen and oxygen atoms in total. The van der Waals surface area contributed by atoms with Crippen LogP contribution in [-0.2, 0) is 22.6 Å². The number of carbonyl (C=O) groups is 2. The van der Waals surface area contributed by atoms with Gasteiger partial charge in [-0.2, -0.15) is 74.6 Å². The molecule has 22 heteroatoms. The molecule has 0 aliphatic heterocycles. The topological polar surface area (TPSA) is 75.6 Å². The maximum Gasteiger partial charge on any atom is 0.460 e. The molecule has 2 N–H and O–H groups in total. The van der Waals surface area contributed by atoms with Gasteiger partial charge in [-0.1, -0.05) is 38.1 Å². The number of carboxylic acids is 1. The second kappa shape index (κ2) is 12.5. The average Bonchev–Trinajstić information content (AvgIpc) is 2.88. The normalized spacial score (nSPS) is 15.2. The lowest BCUT2D eigenvalue weighted by Crippen LogP contribution is -2.74. The van der Waals surface area contributed by atoms with Crippen molar-refractivity contribution in [2.75, 3.05) is 0 Å². The first-order chi connectivity index (χ1) is 19.8. The number of carbonyl (C=O) groups excluding carboxylic acids is 1. The second-order valence-corrected chi connectivity index (χ2v) is 9.75. The molecule has 45 heavy (non-hydrogen) atoms. The highest BCUT2D eigenvalue weighted by molar-refractivity contribution is 5.80. The van der Waals surface area contributed by atoms with Gasteiger partial charge in [0.1, 0.15) is 12.6 Å². The fraction of sp³-hybridized carbons (Fsp3) is 0.652. The van der Waals surface area contributed by atoms with Crippen LogP contribution >= 0.6 is 0 Å². The number of alkyl carbamates (subject to hydrolysis) is 1. The molecular weight excluding hydrogens is 677 g/mol. The lowest BCUT2D eigenvalue weighted by Gasteiger charge is -2.42. The molecule has 0 aromatic heterocycles. The van der Waals surface area contributed by atoms with E-state index in [0.717, 1.165) is 24.3 Å². The Kier molecular flexibility index (Phi) is 11.1. The Hall–Kier alpha value is -3.23. The van der Waals surface area contributed by atoms with E-state index < -0.39 is 96.7 Å². The van der Waals surface area contributed by atoms with Gasteiger partial charge in [-0.15, -0.1) is 0 Å². The molecule has 0 unspecified atom stereocenters. The molecule has 0 bridgehead atoms. The van der Waals surface area contributed by atoms with E-state index in [0.29, 0.717) is 0 Å². The molecule has 0 aliphatic rings. The van der Waals surface area contributed by atoms with Crippen molar-refractivity contribution in [2.24, 2.45) is 5.92 Å². The number of ether oxygens (including phenoxy) is 1. The summed E-state index contributed by atoms with van der Waals surface area (Å²) in [6, 6.07) is 2.11. The molecular formula is C23H20F17NO4. The smallest absolute Gasteiger partial charge is 0.460 e. The summed E-state index contributed by atoms with van der Waals surface area (Å²) in [7, 11) is 0. The van der Waals surface area contributed by atoms with Gasteiger partial charge in [0.15, 0.2) is 0 Å². The van der Waals surface area contributed by atoms with Gasteiger partial charge in [0.05, 0.1) is 0 Å². The van der Waals surface area contributed by atoms with E-state index in [9.17, 15) is 84.2 Å². The highest BCUT2D eigenvalue weighted by Gasteiger charge is 2.95. The van der Waals surface area contributed by atoms with Crippen molar-refractivity contribution in [1.29, 1.82) is 0 Å². The van der Waals surface area contributed by atoms with E-state index in [2.05, 4.69) is 0 Å². The van der Waals surface area contributed by atoms with E-state index in [-0.39, 0.29) is 5.56 Å². The third kappa shape index (κ3) is 7.12. The largest absolute Gasteiger partial charge is 0.480 e. The Labute approximate surface area is 240 Å². The fourth-order valence-corrected chi connectivity index (χ4v) is 3.29. The zero-order valence-electron chi connectivity index (χ0n) is 22.2. The molecule has 1 aromatic rings. The number of nitrogens with one attached hydrogen (secondary N) is 1. The van der Waals surface area contributed by atoms with Gasteiger partial charge >= 0.3 is 59.7 Å². The van der Waals surface area contributed by atoms with Gasteiger partial charge in [-0.05, 0) is 23.5 Å². The molecule has 1 atom stereocenters. The average molecular weight is 697 g/mol. The maximum atomic E-state index is 14.1. The van der Waals surface area contributed by atoms with Crippen LogP contribution in [0.3, 0.4) is 0 Å². The van der Waals surface area contributed by atoms with Crippen molar-refractivity contribution in [2.45, 2.75) is 87.0 Å². The zero-order valence-corrected chi connectivity index (χ0v) is 22.2. The van der Waals surface area contributed by atoms with E-state index in [1.54, 1.807) is 0 Å². The van der Waals surface area contributed by atoms with Crippen molar-refractivity contribution in [3.05, 3.63) is 35.4 Å². The van der Waals surface area contributed by atoms with Gasteiger partial charge in [0.2, 0.25) is 0 Å². The minimum Gasteiger partial charge on any atom is -0.480 e. The summed E-state index contributed by atoms with van der Waals surface area (Å²) in [6.07, 6.45) is -13.1. The summed E-state index contributed by atoms with van der Waals surface area (Å²) in [5, 5.41) is 11.0. The van der Waals surface area contributed by atoms with Crippen molar-refractivity contribution in [1.82, 2.24) is 5.32 Å². The van der Waals surface area contributed by atoms with Gasteiger partial charge < -0.3 is 15.2 Å². The van der Waals surface area contributed by atoms with Gasteiger partial charge in [0.25, 0.3) is 0 Å². The number of hydrogen-bond donors (Lipinski definition) is 2. The molecule has 0 spiro atoms. The maximum absolute atomic E-state index is 14.1. The van der Waals surface area contributed by atoms with Gasteiger partial charge in [0, 0.05) is 6.42 Å². The third-order valence-electron chi connectivity index (χ3n) is 6.11. The number of benzene rings is 1. The number of carboxylic acid groups (broad SMARTS) is 1. The van der Waals surface area contributed by atoms with Crippen LogP contribution in [0, 0.1) is 5.92 Å². The molecule has 1 rings (SSSR count). The van der Waals surface area contributed by atoms with Crippen LogP contribution in [0.5, 0.6) is 0 Å². The predicted molar refractivity (Wildman–Crippen MR) is 115 cm³/mol.